The van der Waals surface area contributed by atoms with Crippen LogP contribution in [-0.2, 0) is 11.4 Å². The first kappa shape index (κ1) is 20.7. The number of ether oxygens (including phenoxy) is 1. The molecule has 4 aromatic rings. The number of nitrogens with one attached hydrogen (secondary N) is 1. The molecule has 1 atom stereocenters. The van der Waals surface area contributed by atoms with E-state index in [1.807, 2.05) is 72.8 Å². The van der Waals surface area contributed by atoms with Crippen molar-refractivity contribution in [1.29, 1.82) is 0 Å². The summed E-state index contributed by atoms with van der Waals surface area (Å²) in [6, 6.07) is 22.3. The van der Waals surface area contributed by atoms with Gasteiger partial charge in [-0.15, -0.1) is 0 Å². The van der Waals surface area contributed by atoms with Gasteiger partial charge in [0.05, 0.1) is 6.21 Å². The molecule has 0 saturated heterocycles. The summed E-state index contributed by atoms with van der Waals surface area (Å²) in [7, 11) is 0. The van der Waals surface area contributed by atoms with E-state index in [4.69, 9.17) is 4.74 Å². The zero-order chi connectivity index (χ0) is 21.6. The lowest BCUT2D eigenvalue weighted by atomic mass is 10.2. The van der Waals surface area contributed by atoms with Gasteiger partial charge in [-0.25, -0.2) is 5.43 Å². The molecule has 8 heteroatoms. The van der Waals surface area contributed by atoms with Gasteiger partial charge in [-0.1, -0.05) is 52.3 Å². The lowest BCUT2D eigenvalue weighted by Crippen LogP contribution is -2.28. The topological polar surface area (TPSA) is 81.4 Å². The minimum absolute atomic E-state index is 0.315. The lowest BCUT2D eigenvalue weighted by Gasteiger charge is -2.10. The molecule has 0 aliphatic carbocycles. The predicted octanol–water partition coefficient (Wildman–Crippen LogP) is 4.48. The SMILES string of the molecule is C[C@@H](C(=O)N/N=C\c1ccccc1OCc1ccc(Br)cc1)n1nc2ccccc2n1. The third-order valence-electron chi connectivity index (χ3n) is 4.63. The summed E-state index contributed by atoms with van der Waals surface area (Å²) in [6.07, 6.45) is 1.56. The zero-order valence-corrected chi connectivity index (χ0v) is 18.4. The van der Waals surface area contributed by atoms with Gasteiger partial charge in [-0.3, -0.25) is 4.79 Å². The second kappa shape index (κ2) is 9.53. The van der Waals surface area contributed by atoms with Crippen molar-refractivity contribution >= 4 is 39.1 Å². The molecule has 0 aliphatic heterocycles. The van der Waals surface area contributed by atoms with Gasteiger partial charge in [0, 0.05) is 10.0 Å². The fraction of sp³-hybridized carbons (Fsp3) is 0.130. The summed E-state index contributed by atoms with van der Waals surface area (Å²) in [6.45, 7) is 2.15. The Kier molecular flexibility index (Phi) is 6.37. The highest BCUT2D eigenvalue weighted by atomic mass is 79.9. The number of benzene rings is 3. The smallest absolute Gasteiger partial charge is 0.266 e. The first-order valence-corrected chi connectivity index (χ1v) is 10.5. The molecule has 0 radical (unpaired) electrons. The summed E-state index contributed by atoms with van der Waals surface area (Å²) in [5.74, 6) is 0.362. The first-order chi connectivity index (χ1) is 15.1. The van der Waals surface area contributed by atoms with E-state index in [0.717, 1.165) is 26.6 Å². The van der Waals surface area contributed by atoms with E-state index in [1.54, 1.807) is 13.1 Å². The Labute approximate surface area is 187 Å². The summed E-state index contributed by atoms with van der Waals surface area (Å²) >= 11 is 3.42. The van der Waals surface area contributed by atoms with Crippen LogP contribution in [0.4, 0.5) is 0 Å². The highest BCUT2D eigenvalue weighted by Crippen LogP contribution is 2.19. The highest BCUT2D eigenvalue weighted by molar-refractivity contribution is 9.10. The van der Waals surface area contributed by atoms with Crippen LogP contribution in [0, 0.1) is 0 Å². The molecule has 0 unspecified atom stereocenters. The Bertz CT molecular complexity index is 1190. The number of amides is 1. The fourth-order valence-corrected chi connectivity index (χ4v) is 3.14. The maximum absolute atomic E-state index is 12.5. The van der Waals surface area contributed by atoms with Gasteiger partial charge in [-0.05, 0) is 48.9 Å². The number of hydrazone groups is 1. The minimum Gasteiger partial charge on any atom is -0.488 e. The number of aromatic nitrogens is 3. The van der Waals surface area contributed by atoms with Crippen molar-refractivity contribution in [3.05, 3.63) is 88.4 Å². The van der Waals surface area contributed by atoms with E-state index in [0.29, 0.717) is 12.4 Å². The number of para-hydroxylation sites is 1. The number of rotatable bonds is 7. The second-order valence-corrected chi connectivity index (χ2v) is 7.79. The van der Waals surface area contributed by atoms with Crippen molar-refractivity contribution in [2.24, 2.45) is 5.10 Å². The molecule has 1 heterocycles. The molecular formula is C23H20BrN5O2. The Hall–Kier alpha value is -3.52. The van der Waals surface area contributed by atoms with E-state index >= 15 is 0 Å². The summed E-state index contributed by atoms with van der Waals surface area (Å²) in [5.41, 5.74) is 5.84. The molecule has 7 nitrogen and oxygen atoms in total. The molecule has 0 aliphatic rings. The van der Waals surface area contributed by atoms with E-state index in [-0.39, 0.29) is 5.91 Å². The quantitative estimate of drug-likeness (QED) is 0.314. The summed E-state index contributed by atoms with van der Waals surface area (Å²) < 4.78 is 6.95. The van der Waals surface area contributed by atoms with Crippen molar-refractivity contribution in [2.75, 3.05) is 0 Å². The highest BCUT2D eigenvalue weighted by Gasteiger charge is 2.17. The molecule has 1 aromatic heterocycles. The molecule has 0 spiro atoms. The van der Waals surface area contributed by atoms with Gasteiger partial charge in [0.25, 0.3) is 5.91 Å². The van der Waals surface area contributed by atoms with Gasteiger partial charge < -0.3 is 4.74 Å². The van der Waals surface area contributed by atoms with Gasteiger partial charge in [0.1, 0.15) is 29.4 Å². The van der Waals surface area contributed by atoms with E-state index in [9.17, 15) is 4.79 Å². The standard InChI is InChI=1S/C23H20BrN5O2/c1-16(29-27-20-7-3-4-8-21(20)28-29)23(30)26-25-14-18-6-2-5-9-22(18)31-15-17-10-12-19(24)13-11-17/h2-14,16H,15H2,1H3,(H,26,30)/b25-14-/t16-/m0/s1. The van der Waals surface area contributed by atoms with E-state index < -0.39 is 6.04 Å². The maximum atomic E-state index is 12.5. The van der Waals surface area contributed by atoms with Crippen molar-refractivity contribution in [3.8, 4) is 5.75 Å². The van der Waals surface area contributed by atoms with Gasteiger partial charge in [0.15, 0.2) is 0 Å². The van der Waals surface area contributed by atoms with Crippen LogP contribution in [0.15, 0.2) is 82.4 Å². The monoisotopic (exact) mass is 477 g/mol. The third kappa shape index (κ3) is 5.16. The van der Waals surface area contributed by atoms with Crippen molar-refractivity contribution in [1.82, 2.24) is 20.4 Å². The van der Waals surface area contributed by atoms with Gasteiger partial charge in [-0.2, -0.15) is 20.1 Å². The van der Waals surface area contributed by atoms with Crippen LogP contribution >= 0.6 is 15.9 Å². The predicted molar refractivity (Wildman–Crippen MR) is 123 cm³/mol. The Morgan fingerprint density at radius 2 is 1.71 bits per heavy atom. The van der Waals surface area contributed by atoms with Gasteiger partial charge in [0.2, 0.25) is 0 Å². The van der Waals surface area contributed by atoms with E-state index in [2.05, 4.69) is 36.7 Å². The number of halogens is 1. The number of carbonyl (C=O) groups is 1. The van der Waals surface area contributed by atoms with Gasteiger partial charge >= 0.3 is 0 Å². The van der Waals surface area contributed by atoms with Crippen molar-refractivity contribution < 1.29 is 9.53 Å². The number of carbonyl (C=O) groups excluding carboxylic acids is 1. The maximum Gasteiger partial charge on any atom is 0.266 e. The Morgan fingerprint density at radius 1 is 1.06 bits per heavy atom. The molecule has 31 heavy (non-hydrogen) atoms. The Balaban J connectivity index is 1.39. The molecule has 4 rings (SSSR count). The average molecular weight is 478 g/mol. The lowest BCUT2D eigenvalue weighted by molar-refractivity contribution is -0.124. The van der Waals surface area contributed by atoms with E-state index in [1.165, 1.54) is 4.80 Å². The van der Waals surface area contributed by atoms with Crippen LogP contribution in [0.2, 0.25) is 0 Å². The second-order valence-electron chi connectivity index (χ2n) is 6.87. The third-order valence-corrected chi connectivity index (χ3v) is 5.16. The fourth-order valence-electron chi connectivity index (χ4n) is 2.87. The van der Waals surface area contributed by atoms with Crippen LogP contribution in [0.25, 0.3) is 11.0 Å². The molecule has 0 saturated carbocycles. The normalized spacial score (nSPS) is 12.2. The largest absolute Gasteiger partial charge is 0.488 e. The average Bonchev–Trinajstić information content (AvgIpc) is 3.23. The first-order valence-electron chi connectivity index (χ1n) is 9.71. The number of hydrogen-bond acceptors (Lipinski definition) is 5. The van der Waals surface area contributed by atoms with Crippen LogP contribution in [0.3, 0.4) is 0 Å². The van der Waals surface area contributed by atoms with Crippen molar-refractivity contribution in [2.45, 2.75) is 19.6 Å². The Morgan fingerprint density at radius 3 is 2.42 bits per heavy atom. The molecule has 3 aromatic carbocycles. The molecule has 1 amide bonds. The van der Waals surface area contributed by atoms with Crippen molar-refractivity contribution in [3.63, 3.8) is 0 Å². The van der Waals surface area contributed by atoms with Crippen LogP contribution < -0.4 is 10.2 Å². The van der Waals surface area contributed by atoms with Crippen LogP contribution in [0.1, 0.15) is 24.1 Å². The molecule has 1 N–H and O–H groups in total. The number of nitrogens with zero attached hydrogens (tertiary/aromatic N) is 4. The molecular weight excluding hydrogens is 458 g/mol. The van der Waals surface area contributed by atoms with Crippen LogP contribution in [0.5, 0.6) is 5.75 Å². The molecule has 156 valence electrons. The number of fused-ring (bicyclic) bond motifs is 1. The summed E-state index contributed by atoms with van der Waals surface area (Å²) in [5, 5.41) is 12.8. The number of hydrogen-bond donors (Lipinski definition) is 1. The van der Waals surface area contributed by atoms with Crippen LogP contribution in [-0.4, -0.2) is 27.1 Å². The molecule has 0 fully saturated rings. The molecule has 0 bridgehead atoms. The minimum atomic E-state index is -0.603. The summed E-state index contributed by atoms with van der Waals surface area (Å²) in [4.78, 5) is 13.9. The zero-order valence-electron chi connectivity index (χ0n) is 16.8.